The molecule has 0 aliphatic heterocycles. The first-order valence-corrected chi connectivity index (χ1v) is 14.8. The second-order valence-electron chi connectivity index (χ2n) is 10.4. The van der Waals surface area contributed by atoms with Crippen LogP contribution in [0.5, 0.6) is 11.5 Å². The van der Waals surface area contributed by atoms with Crippen LogP contribution in [0.1, 0.15) is 42.0 Å². The topological polar surface area (TPSA) is 68.2 Å². The maximum atomic E-state index is 10.3. The van der Waals surface area contributed by atoms with Crippen LogP contribution in [0.4, 0.5) is 0 Å². The molecule has 4 aromatic carbocycles. The average Bonchev–Trinajstić information content (AvgIpc) is 3.32. The van der Waals surface area contributed by atoms with E-state index in [-0.39, 0.29) is 25.7 Å². The van der Waals surface area contributed by atoms with Crippen LogP contribution in [0, 0.1) is 0 Å². The maximum Gasteiger partial charge on any atom is 0.119 e. The van der Waals surface area contributed by atoms with Gasteiger partial charge in [-0.05, 0) is 64.1 Å². The molecular weight excluding hydrogens is 536 g/mol. The van der Waals surface area contributed by atoms with Crippen LogP contribution in [0.25, 0.3) is 11.1 Å². The molecule has 5 rings (SSSR count). The second-order valence-corrected chi connectivity index (χ2v) is 10.7. The van der Waals surface area contributed by atoms with Gasteiger partial charge in [-0.3, -0.25) is 0 Å². The van der Waals surface area contributed by atoms with Crippen LogP contribution in [-0.2, 0) is 10.2 Å². The summed E-state index contributed by atoms with van der Waals surface area (Å²) < 4.78 is 17.2. The number of fused-ring (bicyclic) bond motifs is 3. The third-order valence-electron chi connectivity index (χ3n) is 7.54. The summed E-state index contributed by atoms with van der Waals surface area (Å²) in [6, 6.07) is 33.4. The smallest absolute Gasteiger partial charge is 0.119 e. The second kappa shape index (κ2) is 13.5. The number of aliphatic hydroxyl groups excluding tert-OH is 2. The predicted octanol–water partition coefficient (Wildman–Crippen LogP) is 6.58. The van der Waals surface area contributed by atoms with Crippen molar-refractivity contribution in [3.63, 3.8) is 0 Å². The first-order valence-electron chi connectivity index (χ1n) is 14.2. The monoisotopic (exact) mass is 572 g/mol. The fourth-order valence-electron chi connectivity index (χ4n) is 5.57. The third kappa shape index (κ3) is 6.14. The number of halogens is 1. The molecule has 0 heterocycles. The van der Waals surface area contributed by atoms with Gasteiger partial charge in [0.25, 0.3) is 0 Å². The van der Waals surface area contributed by atoms with Gasteiger partial charge in [-0.25, -0.2) is 0 Å². The summed E-state index contributed by atoms with van der Waals surface area (Å²) in [6.45, 7) is 3.33. The van der Waals surface area contributed by atoms with E-state index in [4.69, 9.17) is 25.8 Å². The van der Waals surface area contributed by atoms with E-state index in [0.717, 1.165) is 24.0 Å². The Labute approximate surface area is 247 Å². The molecule has 1 aliphatic rings. The summed E-state index contributed by atoms with van der Waals surface area (Å²) in [6.07, 6.45) is 0.645. The van der Waals surface area contributed by atoms with Gasteiger partial charge in [-0.1, -0.05) is 86.1 Å². The van der Waals surface area contributed by atoms with Crippen molar-refractivity contribution in [2.45, 2.75) is 37.4 Å². The molecule has 214 valence electrons. The van der Waals surface area contributed by atoms with Gasteiger partial charge in [0, 0.05) is 6.61 Å². The van der Waals surface area contributed by atoms with E-state index < -0.39 is 17.6 Å². The summed E-state index contributed by atoms with van der Waals surface area (Å²) >= 11 is 5.73. The molecule has 0 spiro atoms. The van der Waals surface area contributed by atoms with Gasteiger partial charge in [0.2, 0.25) is 0 Å². The van der Waals surface area contributed by atoms with Crippen LogP contribution in [0.15, 0.2) is 97.1 Å². The van der Waals surface area contributed by atoms with Crippen LogP contribution < -0.4 is 9.47 Å². The fourth-order valence-corrected chi connectivity index (χ4v) is 5.66. The lowest BCUT2D eigenvalue weighted by molar-refractivity contribution is 0.0113. The van der Waals surface area contributed by atoms with Gasteiger partial charge in [0.15, 0.2) is 0 Å². The van der Waals surface area contributed by atoms with Crippen molar-refractivity contribution in [2.24, 2.45) is 0 Å². The lowest BCUT2D eigenvalue weighted by atomic mass is 9.68. The molecule has 1 aliphatic carbocycles. The lowest BCUT2D eigenvalue weighted by Gasteiger charge is -2.34. The Morgan fingerprint density at radius 2 is 1.15 bits per heavy atom. The van der Waals surface area contributed by atoms with E-state index in [2.05, 4.69) is 79.7 Å². The molecule has 6 heteroatoms. The number of unbranched alkanes of at least 4 members (excludes halogenated alkanes) is 1. The summed E-state index contributed by atoms with van der Waals surface area (Å²) in [5.74, 6) is 1.49. The molecule has 2 unspecified atom stereocenters. The van der Waals surface area contributed by atoms with Gasteiger partial charge in [-0.15, -0.1) is 11.6 Å². The molecule has 0 saturated carbocycles. The fraction of sp³-hybridized carbons (Fsp3) is 0.314. The number of aliphatic hydroxyl groups is 2. The summed E-state index contributed by atoms with van der Waals surface area (Å²) in [4.78, 5) is 0. The van der Waals surface area contributed by atoms with Crippen LogP contribution in [0.3, 0.4) is 0 Å². The molecule has 5 nitrogen and oxygen atoms in total. The van der Waals surface area contributed by atoms with Crippen LogP contribution in [-0.4, -0.2) is 54.7 Å². The van der Waals surface area contributed by atoms with E-state index >= 15 is 0 Å². The number of benzene rings is 4. The molecule has 0 radical (unpaired) electrons. The zero-order chi connectivity index (χ0) is 28.7. The van der Waals surface area contributed by atoms with Gasteiger partial charge in [-0.2, -0.15) is 0 Å². The van der Waals surface area contributed by atoms with E-state index in [0.29, 0.717) is 18.1 Å². The van der Waals surface area contributed by atoms with Gasteiger partial charge in [0.1, 0.15) is 36.9 Å². The minimum atomic E-state index is -0.716. The van der Waals surface area contributed by atoms with Gasteiger partial charge >= 0.3 is 0 Å². The summed E-state index contributed by atoms with van der Waals surface area (Å²) in [7, 11) is 0. The Balaban J connectivity index is 1.48. The third-order valence-corrected chi connectivity index (χ3v) is 7.90. The van der Waals surface area contributed by atoms with E-state index in [9.17, 15) is 10.2 Å². The molecule has 41 heavy (non-hydrogen) atoms. The standard InChI is InChI=1S/C35H37ClO5/c1-2-3-20-39-22-28(38)24-41-30-18-14-26(15-19-30)35(25-12-16-29(17-13-25)40-23-27(37)21-36)33-10-6-4-8-31(33)32-9-5-7-11-34(32)35/h4-19,27-28,37-38H,2-3,20-24H2,1H3. The van der Waals surface area contributed by atoms with Crippen molar-refractivity contribution in [1.29, 1.82) is 0 Å². The Morgan fingerprint density at radius 3 is 1.63 bits per heavy atom. The highest BCUT2D eigenvalue weighted by Gasteiger charge is 2.45. The number of alkyl halides is 1. The highest BCUT2D eigenvalue weighted by molar-refractivity contribution is 6.18. The highest BCUT2D eigenvalue weighted by atomic mass is 35.5. The molecule has 0 aromatic heterocycles. The predicted molar refractivity (Wildman–Crippen MR) is 163 cm³/mol. The molecule has 4 aromatic rings. The minimum absolute atomic E-state index is 0.125. The molecule has 2 N–H and O–H groups in total. The highest BCUT2D eigenvalue weighted by Crippen LogP contribution is 2.56. The number of hydrogen-bond acceptors (Lipinski definition) is 5. The van der Waals surface area contributed by atoms with Crippen molar-refractivity contribution in [1.82, 2.24) is 0 Å². The number of ether oxygens (including phenoxy) is 3. The Hall–Kier alpha value is -3.35. The normalized spacial score (nSPS) is 14.6. The van der Waals surface area contributed by atoms with Crippen molar-refractivity contribution >= 4 is 11.6 Å². The molecule has 2 atom stereocenters. The van der Waals surface area contributed by atoms with Crippen molar-refractivity contribution < 1.29 is 24.4 Å². The minimum Gasteiger partial charge on any atom is -0.491 e. The van der Waals surface area contributed by atoms with Crippen LogP contribution in [0.2, 0.25) is 0 Å². The van der Waals surface area contributed by atoms with Crippen molar-refractivity contribution in [3.8, 4) is 22.6 Å². The zero-order valence-corrected chi connectivity index (χ0v) is 24.1. The zero-order valence-electron chi connectivity index (χ0n) is 23.3. The Kier molecular flexibility index (Phi) is 9.63. The Bertz CT molecular complexity index is 1360. The summed E-state index contributed by atoms with van der Waals surface area (Å²) in [5.41, 5.74) is 6.50. The SMILES string of the molecule is CCCCOCC(O)COc1ccc(C2(c3ccc(OCC(O)CCl)cc3)c3ccccc3-c3ccccc32)cc1. The average molecular weight is 573 g/mol. The van der Waals surface area contributed by atoms with E-state index in [1.807, 2.05) is 24.3 Å². The molecule has 0 amide bonds. The molecule has 0 saturated heterocycles. The largest absolute Gasteiger partial charge is 0.491 e. The quantitative estimate of drug-likeness (QED) is 0.116. The van der Waals surface area contributed by atoms with E-state index in [1.54, 1.807) is 0 Å². The molecule has 0 bridgehead atoms. The summed E-state index contributed by atoms with van der Waals surface area (Å²) in [5, 5.41) is 20.1. The Morgan fingerprint density at radius 1 is 0.659 bits per heavy atom. The molecular formula is C35H37ClO5. The lowest BCUT2D eigenvalue weighted by Crippen LogP contribution is -2.28. The van der Waals surface area contributed by atoms with Crippen molar-refractivity contribution in [2.75, 3.05) is 32.3 Å². The molecule has 0 fully saturated rings. The van der Waals surface area contributed by atoms with Gasteiger partial charge < -0.3 is 24.4 Å². The maximum absolute atomic E-state index is 10.3. The van der Waals surface area contributed by atoms with Crippen molar-refractivity contribution in [3.05, 3.63) is 119 Å². The first kappa shape index (κ1) is 29.2. The number of rotatable bonds is 14. The number of hydrogen-bond donors (Lipinski definition) is 2. The van der Waals surface area contributed by atoms with E-state index in [1.165, 1.54) is 22.3 Å². The van der Waals surface area contributed by atoms with Gasteiger partial charge in [0.05, 0.1) is 17.9 Å². The first-order chi connectivity index (χ1) is 20.1. The van der Waals surface area contributed by atoms with Crippen LogP contribution >= 0.6 is 11.6 Å².